The zero-order valence-electron chi connectivity index (χ0n) is 17.7. The van der Waals surface area contributed by atoms with Gasteiger partial charge in [-0.25, -0.2) is 0 Å². The van der Waals surface area contributed by atoms with Gasteiger partial charge in [-0.2, -0.15) is 5.26 Å². The van der Waals surface area contributed by atoms with Crippen LogP contribution in [-0.2, 0) is 0 Å². The summed E-state index contributed by atoms with van der Waals surface area (Å²) in [6, 6.07) is 6.49. The summed E-state index contributed by atoms with van der Waals surface area (Å²) < 4.78 is 0. The summed E-state index contributed by atoms with van der Waals surface area (Å²) in [5.41, 5.74) is 4.04. The molecule has 1 aromatic heterocycles. The van der Waals surface area contributed by atoms with Crippen LogP contribution in [0.4, 0.5) is 5.69 Å². The smallest absolute Gasteiger partial charge is 0.0988 e. The molecule has 1 aliphatic carbocycles. The fourth-order valence-corrected chi connectivity index (χ4v) is 3.91. The van der Waals surface area contributed by atoms with E-state index >= 15 is 0 Å². The summed E-state index contributed by atoms with van der Waals surface area (Å²) in [4.78, 5) is 6.78. The predicted octanol–water partition coefficient (Wildman–Crippen LogP) is 6.02. The summed E-state index contributed by atoms with van der Waals surface area (Å²) in [6.45, 7) is 9.15. The number of pyridine rings is 1. The fourth-order valence-electron chi connectivity index (χ4n) is 3.91. The molecule has 0 fully saturated rings. The average Bonchev–Trinajstić information content (AvgIpc) is 2.70. The van der Waals surface area contributed by atoms with Crippen molar-refractivity contribution in [1.82, 2.24) is 4.98 Å². The highest BCUT2D eigenvalue weighted by Crippen LogP contribution is 2.49. The van der Waals surface area contributed by atoms with Crippen molar-refractivity contribution in [3.8, 4) is 6.07 Å². The third-order valence-electron chi connectivity index (χ3n) is 6.08. The summed E-state index contributed by atoms with van der Waals surface area (Å²) in [5.74, 6) is 0.833. The zero-order chi connectivity index (χ0) is 20.0. The SMILES string of the molecule is CCC=CC(C)(C(C)CC)C1CC=C(C#N)C=C1c1cc(N(C)C)ccn1. The van der Waals surface area contributed by atoms with E-state index in [1.807, 2.05) is 26.4 Å². The Morgan fingerprint density at radius 3 is 2.74 bits per heavy atom. The van der Waals surface area contributed by atoms with E-state index < -0.39 is 0 Å². The van der Waals surface area contributed by atoms with Crippen LogP contribution in [0.2, 0.25) is 0 Å². The van der Waals surface area contributed by atoms with Gasteiger partial charge in [0.25, 0.3) is 0 Å². The van der Waals surface area contributed by atoms with Crippen LogP contribution in [0.25, 0.3) is 5.57 Å². The van der Waals surface area contributed by atoms with Gasteiger partial charge >= 0.3 is 0 Å². The van der Waals surface area contributed by atoms with Crippen LogP contribution in [-0.4, -0.2) is 19.1 Å². The first kappa shape index (κ1) is 21.0. The van der Waals surface area contributed by atoms with Gasteiger partial charge in [0, 0.05) is 31.6 Å². The molecule has 3 heteroatoms. The van der Waals surface area contributed by atoms with Crippen molar-refractivity contribution in [1.29, 1.82) is 5.26 Å². The first-order valence-electron chi connectivity index (χ1n) is 10.0. The van der Waals surface area contributed by atoms with Gasteiger partial charge in [0.05, 0.1) is 11.8 Å². The number of nitrogens with zero attached hydrogens (tertiary/aromatic N) is 3. The van der Waals surface area contributed by atoms with Crippen LogP contribution in [0.15, 0.2) is 48.2 Å². The molecule has 0 amide bonds. The number of hydrogen-bond acceptors (Lipinski definition) is 3. The van der Waals surface area contributed by atoms with Crippen molar-refractivity contribution in [2.45, 2.75) is 47.0 Å². The Hall–Kier alpha value is -2.34. The molecule has 144 valence electrons. The minimum Gasteiger partial charge on any atom is -0.378 e. The standard InChI is InChI=1S/C24H33N3/c1-7-9-13-24(4,18(3)8-2)22-11-10-19(17-25)15-21(22)23-16-20(27(5)6)12-14-26-23/h9-10,12-16,18,22H,7-8,11H2,1-6H3. The molecule has 1 aromatic rings. The van der Waals surface area contributed by atoms with Gasteiger partial charge in [0.2, 0.25) is 0 Å². The molecular formula is C24H33N3. The minimum atomic E-state index is 0.0177. The van der Waals surface area contributed by atoms with E-state index in [4.69, 9.17) is 0 Å². The molecule has 0 N–H and O–H groups in total. The largest absolute Gasteiger partial charge is 0.378 e. The molecule has 0 spiro atoms. The summed E-state index contributed by atoms with van der Waals surface area (Å²) in [5, 5.41) is 9.48. The Bertz CT molecular complexity index is 779. The van der Waals surface area contributed by atoms with Gasteiger partial charge in [0.1, 0.15) is 0 Å². The summed E-state index contributed by atoms with van der Waals surface area (Å²) >= 11 is 0. The Morgan fingerprint density at radius 1 is 1.41 bits per heavy atom. The topological polar surface area (TPSA) is 39.9 Å². The molecule has 0 aliphatic heterocycles. The van der Waals surface area contributed by atoms with E-state index in [0.29, 0.717) is 11.8 Å². The molecule has 0 saturated heterocycles. The summed E-state index contributed by atoms with van der Waals surface area (Å²) in [6.07, 6.45) is 13.7. The molecule has 1 heterocycles. The second-order valence-electron chi connectivity index (χ2n) is 7.94. The fraction of sp³-hybridized carbons (Fsp3) is 0.500. The van der Waals surface area contributed by atoms with Crippen LogP contribution in [0.1, 0.15) is 52.7 Å². The van der Waals surface area contributed by atoms with Crippen molar-refractivity contribution in [3.05, 3.63) is 53.9 Å². The van der Waals surface area contributed by atoms with Crippen molar-refractivity contribution in [2.75, 3.05) is 19.0 Å². The lowest BCUT2D eigenvalue weighted by atomic mass is 9.62. The number of allylic oxidation sites excluding steroid dienone is 6. The lowest BCUT2D eigenvalue weighted by molar-refractivity contribution is 0.200. The number of anilines is 1. The third kappa shape index (κ3) is 4.50. The monoisotopic (exact) mass is 363 g/mol. The van der Waals surface area contributed by atoms with E-state index in [9.17, 15) is 5.26 Å². The van der Waals surface area contributed by atoms with Gasteiger partial charge in [-0.05, 0) is 53.9 Å². The van der Waals surface area contributed by atoms with Crippen LogP contribution >= 0.6 is 0 Å². The van der Waals surface area contributed by atoms with Gasteiger partial charge < -0.3 is 4.90 Å². The van der Waals surface area contributed by atoms with Crippen molar-refractivity contribution in [2.24, 2.45) is 17.3 Å². The average molecular weight is 364 g/mol. The van der Waals surface area contributed by atoms with Crippen molar-refractivity contribution < 1.29 is 0 Å². The second kappa shape index (κ2) is 9.04. The number of hydrogen-bond donors (Lipinski definition) is 0. The second-order valence-corrected chi connectivity index (χ2v) is 7.94. The quantitative estimate of drug-likeness (QED) is 0.556. The van der Waals surface area contributed by atoms with E-state index in [1.165, 1.54) is 5.57 Å². The maximum atomic E-state index is 9.48. The molecule has 3 unspecified atom stereocenters. The highest BCUT2D eigenvalue weighted by molar-refractivity contribution is 5.73. The van der Waals surface area contributed by atoms with E-state index in [0.717, 1.165) is 36.2 Å². The Morgan fingerprint density at radius 2 is 2.15 bits per heavy atom. The van der Waals surface area contributed by atoms with Crippen LogP contribution in [0.3, 0.4) is 0 Å². The summed E-state index contributed by atoms with van der Waals surface area (Å²) in [7, 11) is 4.08. The van der Waals surface area contributed by atoms with Gasteiger partial charge in [0.15, 0.2) is 0 Å². The van der Waals surface area contributed by atoms with Gasteiger partial charge in [-0.1, -0.05) is 52.3 Å². The molecule has 0 saturated carbocycles. The maximum absolute atomic E-state index is 9.48. The zero-order valence-corrected chi connectivity index (χ0v) is 17.7. The first-order valence-corrected chi connectivity index (χ1v) is 10.0. The molecule has 0 radical (unpaired) electrons. The van der Waals surface area contributed by atoms with E-state index in [-0.39, 0.29) is 5.41 Å². The van der Waals surface area contributed by atoms with Gasteiger partial charge in [-0.15, -0.1) is 0 Å². The molecule has 3 atom stereocenters. The molecule has 27 heavy (non-hydrogen) atoms. The van der Waals surface area contributed by atoms with Crippen LogP contribution in [0, 0.1) is 28.6 Å². The number of nitriles is 1. The van der Waals surface area contributed by atoms with Gasteiger partial charge in [-0.3, -0.25) is 4.98 Å². The molecule has 3 nitrogen and oxygen atoms in total. The highest BCUT2D eigenvalue weighted by atomic mass is 15.1. The molecular weight excluding hydrogens is 330 g/mol. The third-order valence-corrected chi connectivity index (χ3v) is 6.08. The number of rotatable bonds is 7. The maximum Gasteiger partial charge on any atom is 0.0988 e. The lowest BCUT2D eigenvalue weighted by Crippen LogP contribution is -2.34. The van der Waals surface area contributed by atoms with Crippen LogP contribution < -0.4 is 4.90 Å². The molecule has 2 rings (SSSR count). The van der Waals surface area contributed by atoms with Crippen molar-refractivity contribution in [3.63, 3.8) is 0 Å². The molecule has 0 bridgehead atoms. The Kier molecular flexibility index (Phi) is 7.02. The highest BCUT2D eigenvalue weighted by Gasteiger charge is 2.39. The Balaban J connectivity index is 2.59. The van der Waals surface area contributed by atoms with E-state index in [1.54, 1.807) is 0 Å². The minimum absolute atomic E-state index is 0.0177. The Labute approximate surface area is 165 Å². The van der Waals surface area contributed by atoms with Crippen molar-refractivity contribution >= 4 is 11.3 Å². The number of aromatic nitrogens is 1. The van der Waals surface area contributed by atoms with Crippen LogP contribution in [0.5, 0.6) is 0 Å². The van der Waals surface area contributed by atoms with E-state index in [2.05, 4.69) is 74.0 Å². The lowest BCUT2D eigenvalue weighted by Gasteiger charge is -2.42. The molecule has 0 aromatic carbocycles. The normalized spacial score (nSPS) is 20.4. The molecule has 1 aliphatic rings. The first-order chi connectivity index (χ1) is 12.9. The predicted molar refractivity (Wildman–Crippen MR) is 115 cm³/mol.